The molecule has 1 heterocycles. The van der Waals surface area contributed by atoms with Crippen LogP contribution < -0.4 is 5.43 Å². The first kappa shape index (κ1) is 11.5. The Morgan fingerprint density at radius 2 is 1.89 bits per heavy atom. The Balaban J connectivity index is 2.47. The molecule has 4 nitrogen and oxygen atoms in total. The zero-order valence-corrected chi connectivity index (χ0v) is 10.3. The van der Waals surface area contributed by atoms with Gasteiger partial charge in [-0.3, -0.25) is 4.79 Å². The lowest BCUT2D eigenvalue weighted by atomic mass is 10.1. The Hall–Kier alpha value is -2.62. The average Bonchev–Trinajstić information content (AvgIpc) is 2.46. The summed E-state index contributed by atoms with van der Waals surface area (Å²) >= 11 is 0. The minimum atomic E-state index is -0.549. The number of esters is 1. The van der Waals surface area contributed by atoms with Crippen LogP contribution in [0, 0.1) is 0 Å². The summed E-state index contributed by atoms with van der Waals surface area (Å²) in [5.74, 6) is -0.549. The number of aromatic amines is 1. The summed E-state index contributed by atoms with van der Waals surface area (Å²) < 4.78 is 4.64. The number of carbonyl (C=O) groups is 1. The first-order valence-electron chi connectivity index (χ1n) is 5.84. The lowest BCUT2D eigenvalue weighted by molar-refractivity contribution is 0.0594. The van der Waals surface area contributed by atoms with Crippen molar-refractivity contribution >= 4 is 27.6 Å². The summed E-state index contributed by atoms with van der Waals surface area (Å²) in [7, 11) is 1.29. The molecule has 0 fully saturated rings. The fourth-order valence-corrected chi connectivity index (χ4v) is 2.21. The summed E-state index contributed by atoms with van der Waals surface area (Å²) in [6.45, 7) is 0. The number of benzene rings is 2. The third-order valence-electron chi connectivity index (χ3n) is 3.13. The maximum Gasteiger partial charge on any atom is 0.354 e. The summed E-state index contributed by atoms with van der Waals surface area (Å²) in [6, 6.07) is 12.6. The van der Waals surface area contributed by atoms with Gasteiger partial charge >= 0.3 is 5.97 Å². The van der Waals surface area contributed by atoms with Crippen molar-refractivity contribution in [3.8, 4) is 0 Å². The molecule has 1 aromatic heterocycles. The van der Waals surface area contributed by atoms with Gasteiger partial charge < -0.3 is 9.72 Å². The second-order valence-corrected chi connectivity index (χ2v) is 4.25. The van der Waals surface area contributed by atoms with E-state index in [9.17, 15) is 9.59 Å². The monoisotopic (exact) mass is 253 g/mol. The molecular formula is C15H11NO3. The van der Waals surface area contributed by atoms with Crippen molar-refractivity contribution < 1.29 is 9.53 Å². The number of rotatable bonds is 1. The van der Waals surface area contributed by atoms with E-state index in [4.69, 9.17) is 0 Å². The number of nitrogens with one attached hydrogen (secondary N) is 1. The van der Waals surface area contributed by atoms with Crippen LogP contribution in [0.15, 0.2) is 47.3 Å². The molecule has 0 atom stereocenters. The van der Waals surface area contributed by atoms with E-state index in [1.54, 1.807) is 6.07 Å². The highest BCUT2D eigenvalue weighted by atomic mass is 16.5. The molecule has 3 rings (SSSR count). The van der Waals surface area contributed by atoms with Crippen molar-refractivity contribution in [3.05, 3.63) is 58.4 Å². The standard InChI is InChI=1S/C15H11NO3/c1-19-15(18)12-8-13(17)11-7-6-9-4-2-3-5-10(9)14(11)16-12/h2-8H,1H3,(H,16,17). The van der Waals surface area contributed by atoms with Gasteiger partial charge in [0.15, 0.2) is 5.43 Å². The maximum atomic E-state index is 12.0. The van der Waals surface area contributed by atoms with Crippen molar-refractivity contribution in [1.82, 2.24) is 4.98 Å². The Bertz CT molecular complexity index is 849. The van der Waals surface area contributed by atoms with Gasteiger partial charge in [-0.15, -0.1) is 0 Å². The minimum Gasteiger partial charge on any atom is -0.464 e. The fraction of sp³-hybridized carbons (Fsp3) is 0.0667. The lowest BCUT2D eigenvalue weighted by Gasteiger charge is -2.06. The second-order valence-electron chi connectivity index (χ2n) is 4.25. The van der Waals surface area contributed by atoms with E-state index >= 15 is 0 Å². The lowest BCUT2D eigenvalue weighted by Crippen LogP contribution is -2.11. The van der Waals surface area contributed by atoms with Crippen LogP contribution in [0.4, 0.5) is 0 Å². The van der Waals surface area contributed by atoms with Crippen LogP contribution in [0.25, 0.3) is 21.7 Å². The Morgan fingerprint density at radius 1 is 1.11 bits per heavy atom. The van der Waals surface area contributed by atoms with Gasteiger partial charge in [0, 0.05) is 16.8 Å². The van der Waals surface area contributed by atoms with Crippen LogP contribution in [0.5, 0.6) is 0 Å². The largest absolute Gasteiger partial charge is 0.464 e. The quantitative estimate of drug-likeness (QED) is 0.535. The van der Waals surface area contributed by atoms with Crippen LogP contribution in [0.3, 0.4) is 0 Å². The van der Waals surface area contributed by atoms with Gasteiger partial charge in [0.25, 0.3) is 0 Å². The Kier molecular flexibility index (Phi) is 2.56. The molecule has 0 radical (unpaired) electrons. The Morgan fingerprint density at radius 3 is 2.68 bits per heavy atom. The summed E-state index contributed by atoms with van der Waals surface area (Å²) in [6.07, 6.45) is 0. The van der Waals surface area contributed by atoms with Gasteiger partial charge in [-0.1, -0.05) is 30.3 Å². The highest BCUT2D eigenvalue weighted by Gasteiger charge is 2.11. The van der Waals surface area contributed by atoms with Crippen LogP contribution in [0.2, 0.25) is 0 Å². The second kappa shape index (κ2) is 4.24. The van der Waals surface area contributed by atoms with E-state index in [0.29, 0.717) is 10.9 Å². The van der Waals surface area contributed by atoms with Crippen molar-refractivity contribution in [2.45, 2.75) is 0 Å². The molecule has 94 valence electrons. The SMILES string of the molecule is COC(=O)c1cc(=O)c2ccc3ccccc3c2[nH]1. The average molecular weight is 253 g/mol. The first-order valence-corrected chi connectivity index (χ1v) is 5.84. The number of pyridine rings is 1. The number of carbonyl (C=O) groups excluding carboxylic acids is 1. The van der Waals surface area contributed by atoms with E-state index in [1.165, 1.54) is 13.2 Å². The molecule has 0 saturated carbocycles. The number of hydrogen-bond acceptors (Lipinski definition) is 3. The third kappa shape index (κ3) is 1.78. The van der Waals surface area contributed by atoms with Crippen molar-refractivity contribution in [2.24, 2.45) is 0 Å². The normalized spacial score (nSPS) is 10.8. The number of hydrogen-bond donors (Lipinski definition) is 1. The maximum absolute atomic E-state index is 12.0. The van der Waals surface area contributed by atoms with Crippen LogP contribution >= 0.6 is 0 Å². The van der Waals surface area contributed by atoms with Crippen LogP contribution in [-0.4, -0.2) is 18.1 Å². The molecule has 1 N–H and O–H groups in total. The van der Waals surface area contributed by atoms with Gasteiger partial charge in [0.1, 0.15) is 5.69 Å². The molecule has 0 aliphatic carbocycles. The predicted molar refractivity (Wildman–Crippen MR) is 73.4 cm³/mol. The van der Waals surface area contributed by atoms with E-state index < -0.39 is 5.97 Å². The molecule has 0 spiro atoms. The van der Waals surface area contributed by atoms with Crippen LogP contribution in [0.1, 0.15) is 10.5 Å². The highest BCUT2D eigenvalue weighted by molar-refractivity contribution is 6.06. The highest BCUT2D eigenvalue weighted by Crippen LogP contribution is 2.21. The van der Waals surface area contributed by atoms with Gasteiger partial charge in [0.05, 0.1) is 12.6 Å². The number of H-pyrrole nitrogens is 1. The van der Waals surface area contributed by atoms with Gasteiger partial charge in [-0.2, -0.15) is 0 Å². The summed E-state index contributed by atoms with van der Waals surface area (Å²) in [5, 5.41) is 2.47. The van der Waals surface area contributed by atoms with Crippen molar-refractivity contribution in [2.75, 3.05) is 7.11 Å². The molecule has 4 heteroatoms. The molecule has 0 saturated heterocycles. The fourth-order valence-electron chi connectivity index (χ4n) is 2.21. The van der Waals surface area contributed by atoms with E-state index in [-0.39, 0.29) is 11.1 Å². The molecule has 2 aromatic carbocycles. The zero-order valence-electron chi connectivity index (χ0n) is 10.3. The van der Waals surface area contributed by atoms with Gasteiger partial charge in [0.2, 0.25) is 0 Å². The zero-order chi connectivity index (χ0) is 13.4. The number of ether oxygens (including phenoxy) is 1. The molecule has 3 aromatic rings. The van der Waals surface area contributed by atoms with E-state index in [0.717, 1.165) is 10.8 Å². The molecule has 0 aliphatic heterocycles. The van der Waals surface area contributed by atoms with E-state index in [2.05, 4.69) is 9.72 Å². The smallest absolute Gasteiger partial charge is 0.354 e. The molecule has 0 aliphatic rings. The minimum absolute atomic E-state index is 0.163. The van der Waals surface area contributed by atoms with Crippen molar-refractivity contribution in [3.63, 3.8) is 0 Å². The third-order valence-corrected chi connectivity index (χ3v) is 3.13. The number of fused-ring (bicyclic) bond motifs is 3. The summed E-state index contributed by atoms with van der Waals surface area (Å²) in [4.78, 5) is 26.6. The molecule has 0 bridgehead atoms. The number of methoxy groups -OCH3 is 1. The van der Waals surface area contributed by atoms with Gasteiger partial charge in [-0.25, -0.2) is 4.79 Å². The molecule has 0 unspecified atom stereocenters. The first-order chi connectivity index (χ1) is 9.20. The molecule has 19 heavy (non-hydrogen) atoms. The topological polar surface area (TPSA) is 59.2 Å². The van der Waals surface area contributed by atoms with Gasteiger partial charge in [-0.05, 0) is 11.5 Å². The van der Waals surface area contributed by atoms with E-state index in [1.807, 2.05) is 30.3 Å². The molecular weight excluding hydrogens is 242 g/mol. The van der Waals surface area contributed by atoms with Crippen molar-refractivity contribution in [1.29, 1.82) is 0 Å². The van der Waals surface area contributed by atoms with Crippen LogP contribution in [-0.2, 0) is 4.74 Å². The molecule has 0 amide bonds. The number of aromatic nitrogens is 1. The predicted octanol–water partition coefficient (Wildman–Crippen LogP) is 2.47. The summed E-state index contributed by atoms with van der Waals surface area (Å²) in [5.41, 5.74) is 0.627. The Labute approximate surface area is 108 Å².